The summed E-state index contributed by atoms with van der Waals surface area (Å²) < 4.78 is 14.4. The molecule has 1 saturated heterocycles. The minimum Gasteiger partial charge on any atom is -0.372 e. The summed E-state index contributed by atoms with van der Waals surface area (Å²) in [6.45, 7) is 13.6. The Balaban J connectivity index is 1.62. The summed E-state index contributed by atoms with van der Waals surface area (Å²) in [4.78, 5) is 5.16. The monoisotopic (exact) mass is 447 g/mol. The van der Waals surface area contributed by atoms with Gasteiger partial charge in [-0.05, 0) is 24.8 Å². The van der Waals surface area contributed by atoms with Gasteiger partial charge in [0.05, 0.1) is 36.7 Å². The number of benzene rings is 2. The van der Waals surface area contributed by atoms with Crippen molar-refractivity contribution < 1.29 is 9.47 Å². The normalized spacial score (nSPS) is 19.4. The molecule has 2 atom stereocenters. The van der Waals surface area contributed by atoms with Gasteiger partial charge >= 0.3 is 0 Å². The summed E-state index contributed by atoms with van der Waals surface area (Å²) in [5.41, 5.74) is 3.13. The topological polar surface area (TPSA) is 48.3 Å². The quantitative estimate of drug-likeness (QED) is 0.522. The summed E-state index contributed by atoms with van der Waals surface area (Å²) in [6.07, 6.45) is 2.22. The number of nitrogens with zero attached hydrogens (tertiary/aromatic N) is 2. The molecule has 2 aromatic carbocycles. The Morgan fingerprint density at radius 2 is 1.73 bits per heavy atom. The first-order chi connectivity index (χ1) is 15.7. The highest BCUT2D eigenvalue weighted by Crippen LogP contribution is 2.34. The molecule has 0 aliphatic carbocycles. The number of hydrogen-bond acceptors (Lipinski definition) is 4. The summed E-state index contributed by atoms with van der Waals surface area (Å²) in [5.74, 6) is 1.04. The highest BCUT2D eigenvalue weighted by molar-refractivity contribution is 5.58. The first-order valence-corrected chi connectivity index (χ1v) is 11.9. The van der Waals surface area contributed by atoms with Gasteiger partial charge in [-0.2, -0.15) is 0 Å². The van der Waals surface area contributed by atoms with E-state index in [1.54, 1.807) is 0 Å². The van der Waals surface area contributed by atoms with Crippen molar-refractivity contribution >= 4 is 0 Å². The van der Waals surface area contributed by atoms with E-state index in [9.17, 15) is 0 Å². The van der Waals surface area contributed by atoms with Gasteiger partial charge in [0.15, 0.2) is 0 Å². The molecule has 0 amide bonds. The van der Waals surface area contributed by atoms with E-state index in [-0.39, 0.29) is 23.2 Å². The second kappa shape index (κ2) is 9.80. The number of rotatable bonds is 7. The van der Waals surface area contributed by atoms with Crippen LogP contribution in [0.4, 0.5) is 0 Å². The first kappa shape index (κ1) is 23.7. The number of ether oxygens (including phenoxy) is 2. The van der Waals surface area contributed by atoms with E-state index in [1.165, 1.54) is 5.56 Å². The SMILES string of the molecule is CC1(C)COC(CN[C@@H](c2nc(-c3ccccc3)cn2Cc2ccccc2)C(C)(C)C)CO1. The number of aromatic nitrogens is 2. The maximum absolute atomic E-state index is 6.08. The van der Waals surface area contributed by atoms with Crippen LogP contribution in [0.1, 0.15) is 52.0 Å². The van der Waals surface area contributed by atoms with E-state index < -0.39 is 0 Å². The van der Waals surface area contributed by atoms with Crippen LogP contribution in [0.15, 0.2) is 66.9 Å². The van der Waals surface area contributed by atoms with Crippen molar-refractivity contribution in [2.75, 3.05) is 19.8 Å². The Morgan fingerprint density at radius 1 is 1.06 bits per heavy atom. The van der Waals surface area contributed by atoms with E-state index >= 15 is 0 Å². The van der Waals surface area contributed by atoms with Crippen LogP contribution in [0.5, 0.6) is 0 Å². The van der Waals surface area contributed by atoms with Gasteiger partial charge in [-0.25, -0.2) is 4.98 Å². The molecule has 0 saturated carbocycles. The lowest BCUT2D eigenvalue weighted by atomic mass is 9.86. The van der Waals surface area contributed by atoms with E-state index in [1.807, 2.05) is 6.07 Å². The van der Waals surface area contributed by atoms with Crippen LogP contribution in [0, 0.1) is 5.41 Å². The van der Waals surface area contributed by atoms with Crippen LogP contribution in [0.2, 0.25) is 0 Å². The van der Waals surface area contributed by atoms with Crippen molar-refractivity contribution in [1.29, 1.82) is 0 Å². The average Bonchev–Trinajstić information content (AvgIpc) is 3.18. The Kier molecular flexibility index (Phi) is 7.03. The number of hydrogen-bond donors (Lipinski definition) is 1. The van der Waals surface area contributed by atoms with E-state index in [2.05, 4.69) is 105 Å². The molecule has 33 heavy (non-hydrogen) atoms. The fourth-order valence-corrected chi connectivity index (χ4v) is 4.19. The van der Waals surface area contributed by atoms with E-state index in [0.717, 1.165) is 30.2 Å². The van der Waals surface area contributed by atoms with Gasteiger partial charge in [-0.3, -0.25) is 0 Å². The van der Waals surface area contributed by atoms with Crippen molar-refractivity contribution in [2.24, 2.45) is 5.41 Å². The van der Waals surface area contributed by atoms with Gasteiger partial charge in [0.1, 0.15) is 5.82 Å². The Morgan fingerprint density at radius 3 is 2.33 bits per heavy atom. The summed E-state index contributed by atoms with van der Waals surface area (Å²) in [5, 5.41) is 3.78. The molecule has 3 aromatic rings. The molecule has 5 heteroatoms. The fraction of sp³-hybridized carbons (Fsp3) is 0.464. The molecule has 5 nitrogen and oxygen atoms in total. The third kappa shape index (κ3) is 6.11. The third-order valence-corrected chi connectivity index (χ3v) is 6.07. The second-order valence-corrected chi connectivity index (χ2v) is 10.7. The van der Waals surface area contributed by atoms with E-state index in [0.29, 0.717) is 13.2 Å². The predicted octanol–water partition coefficient (Wildman–Crippen LogP) is 5.47. The zero-order chi connectivity index (χ0) is 23.5. The second-order valence-electron chi connectivity index (χ2n) is 10.7. The highest BCUT2D eigenvalue weighted by Gasteiger charge is 2.33. The average molecular weight is 448 g/mol. The van der Waals surface area contributed by atoms with Crippen molar-refractivity contribution in [3.05, 3.63) is 78.2 Å². The Hall–Kier alpha value is -2.47. The van der Waals surface area contributed by atoms with Gasteiger partial charge in [-0.1, -0.05) is 81.4 Å². The standard InChI is InChI=1S/C28H37N3O2/c1-27(2,3)25(29-16-23-19-33-28(4,5)20-32-23)26-30-24(22-14-10-7-11-15-22)18-31(26)17-21-12-8-6-9-13-21/h6-15,18,23,25,29H,16-17,19-20H2,1-5H3/t23?,25-/m0/s1. The molecule has 1 aliphatic heterocycles. The molecule has 2 heterocycles. The molecule has 1 aliphatic rings. The molecule has 0 spiro atoms. The molecule has 4 rings (SSSR count). The van der Waals surface area contributed by atoms with Crippen LogP contribution in [0.25, 0.3) is 11.3 Å². The molecular formula is C28H37N3O2. The smallest absolute Gasteiger partial charge is 0.127 e. The predicted molar refractivity (Wildman–Crippen MR) is 133 cm³/mol. The molecule has 176 valence electrons. The molecule has 1 aromatic heterocycles. The minimum atomic E-state index is -0.212. The van der Waals surface area contributed by atoms with Crippen molar-refractivity contribution in [1.82, 2.24) is 14.9 Å². The minimum absolute atomic E-state index is 0.0361. The van der Waals surface area contributed by atoms with Crippen LogP contribution >= 0.6 is 0 Å². The van der Waals surface area contributed by atoms with E-state index in [4.69, 9.17) is 14.5 Å². The van der Waals surface area contributed by atoms with Gasteiger partial charge in [0.2, 0.25) is 0 Å². The molecule has 0 radical (unpaired) electrons. The molecule has 1 unspecified atom stereocenters. The zero-order valence-corrected chi connectivity index (χ0v) is 20.5. The lowest BCUT2D eigenvalue weighted by Gasteiger charge is -2.37. The van der Waals surface area contributed by atoms with Crippen molar-refractivity contribution in [3.8, 4) is 11.3 Å². The molecular weight excluding hydrogens is 410 g/mol. The maximum atomic E-state index is 6.08. The lowest BCUT2D eigenvalue weighted by Crippen LogP contribution is -2.47. The van der Waals surface area contributed by atoms with Gasteiger partial charge < -0.3 is 19.4 Å². The molecule has 1 N–H and O–H groups in total. The summed E-state index contributed by atoms with van der Waals surface area (Å²) in [7, 11) is 0. The maximum Gasteiger partial charge on any atom is 0.127 e. The zero-order valence-electron chi connectivity index (χ0n) is 20.5. The number of nitrogens with one attached hydrogen (secondary N) is 1. The summed E-state index contributed by atoms with van der Waals surface area (Å²) >= 11 is 0. The highest BCUT2D eigenvalue weighted by atomic mass is 16.6. The fourth-order valence-electron chi connectivity index (χ4n) is 4.19. The van der Waals surface area contributed by atoms with Gasteiger partial charge in [0, 0.05) is 24.8 Å². The van der Waals surface area contributed by atoms with Crippen molar-refractivity contribution in [2.45, 2.75) is 58.9 Å². The Labute approximate surface area is 198 Å². The van der Waals surface area contributed by atoms with Crippen LogP contribution < -0.4 is 5.32 Å². The number of imidazole rings is 1. The van der Waals surface area contributed by atoms with Crippen LogP contribution in [-0.4, -0.2) is 41.0 Å². The molecule has 1 fully saturated rings. The largest absolute Gasteiger partial charge is 0.372 e. The van der Waals surface area contributed by atoms with Gasteiger partial charge in [-0.15, -0.1) is 0 Å². The summed E-state index contributed by atoms with van der Waals surface area (Å²) in [6, 6.07) is 21.0. The third-order valence-electron chi connectivity index (χ3n) is 6.07. The van der Waals surface area contributed by atoms with Crippen LogP contribution in [-0.2, 0) is 16.0 Å². The van der Waals surface area contributed by atoms with Crippen molar-refractivity contribution in [3.63, 3.8) is 0 Å². The van der Waals surface area contributed by atoms with Gasteiger partial charge in [0.25, 0.3) is 0 Å². The molecule has 0 bridgehead atoms. The lowest BCUT2D eigenvalue weighted by molar-refractivity contribution is -0.173. The Bertz CT molecular complexity index is 1010. The van der Waals surface area contributed by atoms with Crippen LogP contribution in [0.3, 0.4) is 0 Å². The first-order valence-electron chi connectivity index (χ1n) is 11.9.